The zero-order valence-electron chi connectivity index (χ0n) is 7.95. The Morgan fingerprint density at radius 3 is 2.35 bits per heavy atom. The zero-order chi connectivity index (χ0) is 13.2. The Labute approximate surface area is 105 Å². The van der Waals surface area contributed by atoms with Crippen LogP contribution >= 0.6 is 22.3 Å². The average molecular weight is 304 g/mol. The molecule has 0 heterocycles. The van der Waals surface area contributed by atoms with Crippen molar-refractivity contribution in [2.24, 2.45) is 0 Å². The van der Waals surface area contributed by atoms with Crippen molar-refractivity contribution in [2.75, 3.05) is 5.32 Å². The lowest BCUT2D eigenvalue weighted by Gasteiger charge is -2.06. The van der Waals surface area contributed by atoms with Crippen LogP contribution in [0.4, 0.5) is 14.5 Å². The molecule has 0 saturated carbocycles. The molecule has 1 N–H and O–H groups in total. The maximum absolute atomic E-state index is 11.9. The number of alkyl halides is 2. The highest BCUT2D eigenvalue weighted by molar-refractivity contribution is 8.13. The van der Waals surface area contributed by atoms with E-state index < -0.39 is 21.4 Å². The first-order chi connectivity index (χ1) is 7.71. The first-order valence-electron chi connectivity index (χ1n) is 4.05. The van der Waals surface area contributed by atoms with Crippen LogP contribution in [0.25, 0.3) is 0 Å². The minimum Gasteiger partial charge on any atom is -0.321 e. The summed E-state index contributed by atoms with van der Waals surface area (Å²) < 4.78 is 45.8. The van der Waals surface area contributed by atoms with Gasteiger partial charge in [0, 0.05) is 16.4 Å². The number of rotatable bonds is 3. The smallest absolute Gasteiger partial charge is 0.315 e. The molecule has 0 saturated heterocycles. The number of hydrogen-bond acceptors (Lipinski definition) is 3. The van der Waals surface area contributed by atoms with Crippen molar-refractivity contribution in [1.82, 2.24) is 0 Å². The predicted molar refractivity (Wildman–Crippen MR) is 59.1 cm³/mol. The van der Waals surface area contributed by atoms with Crippen molar-refractivity contribution in [2.45, 2.75) is 11.3 Å². The maximum atomic E-state index is 11.9. The number of amides is 1. The summed E-state index contributed by atoms with van der Waals surface area (Å²) in [6.45, 7) is 0. The first kappa shape index (κ1) is 14.1. The molecule has 0 aromatic heterocycles. The molecule has 0 fully saturated rings. The fourth-order valence-corrected chi connectivity index (χ4v) is 2.50. The Hall–Kier alpha value is -0.920. The SMILES string of the molecule is O=C(Nc1ccc(S(=O)(=O)Cl)c(Cl)c1)C(F)F. The summed E-state index contributed by atoms with van der Waals surface area (Å²) in [6, 6.07) is 3.12. The van der Waals surface area contributed by atoms with Gasteiger partial charge in [0.15, 0.2) is 0 Å². The van der Waals surface area contributed by atoms with Crippen LogP contribution in [0, 0.1) is 0 Å². The molecule has 0 aliphatic heterocycles. The summed E-state index contributed by atoms with van der Waals surface area (Å²) in [4.78, 5) is 10.3. The van der Waals surface area contributed by atoms with Crippen LogP contribution in [0.2, 0.25) is 5.02 Å². The molecule has 1 aromatic carbocycles. The van der Waals surface area contributed by atoms with E-state index in [1.54, 1.807) is 0 Å². The minimum absolute atomic E-state index is 0.0515. The van der Waals surface area contributed by atoms with Crippen molar-refractivity contribution >= 4 is 42.9 Å². The van der Waals surface area contributed by atoms with Gasteiger partial charge >= 0.3 is 6.43 Å². The number of hydrogen-bond donors (Lipinski definition) is 1. The van der Waals surface area contributed by atoms with Crippen LogP contribution in [0.1, 0.15) is 0 Å². The fraction of sp³-hybridized carbons (Fsp3) is 0.125. The number of nitrogens with one attached hydrogen (secondary N) is 1. The summed E-state index contributed by atoms with van der Waals surface area (Å²) in [7, 11) is 1.04. The second kappa shape index (κ2) is 5.16. The van der Waals surface area contributed by atoms with Gasteiger partial charge in [0.1, 0.15) is 4.90 Å². The quantitative estimate of drug-likeness (QED) is 0.873. The molecular weight excluding hydrogens is 299 g/mol. The van der Waals surface area contributed by atoms with Gasteiger partial charge in [-0.2, -0.15) is 8.78 Å². The number of carbonyl (C=O) groups is 1. The van der Waals surface area contributed by atoms with E-state index in [4.69, 9.17) is 22.3 Å². The number of benzene rings is 1. The summed E-state index contributed by atoms with van der Waals surface area (Å²) >= 11 is 5.57. The molecular formula is C8H5Cl2F2NO3S. The van der Waals surface area contributed by atoms with Gasteiger partial charge in [0.05, 0.1) is 5.02 Å². The van der Waals surface area contributed by atoms with Gasteiger partial charge < -0.3 is 5.32 Å². The lowest BCUT2D eigenvalue weighted by molar-refractivity contribution is -0.126. The molecule has 0 unspecified atom stereocenters. The lowest BCUT2D eigenvalue weighted by atomic mass is 10.3. The second-order valence-corrected chi connectivity index (χ2v) is 5.81. The number of halogens is 4. The summed E-state index contributed by atoms with van der Waals surface area (Å²) in [6.07, 6.45) is -3.18. The normalized spacial score (nSPS) is 11.6. The van der Waals surface area contributed by atoms with E-state index in [1.165, 1.54) is 0 Å². The van der Waals surface area contributed by atoms with Gasteiger partial charge in [-0.05, 0) is 18.2 Å². The highest BCUT2D eigenvalue weighted by atomic mass is 35.7. The van der Waals surface area contributed by atoms with Gasteiger partial charge in [-0.25, -0.2) is 8.42 Å². The van der Waals surface area contributed by atoms with E-state index in [-0.39, 0.29) is 15.6 Å². The second-order valence-electron chi connectivity index (χ2n) is 2.87. The van der Waals surface area contributed by atoms with Crippen LogP contribution < -0.4 is 5.32 Å². The van der Waals surface area contributed by atoms with E-state index >= 15 is 0 Å². The molecule has 0 spiro atoms. The molecule has 0 bridgehead atoms. The van der Waals surface area contributed by atoms with Gasteiger partial charge in [-0.1, -0.05) is 11.6 Å². The van der Waals surface area contributed by atoms with Gasteiger partial charge in [0.2, 0.25) is 0 Å². The van der Waals surface area contributed by atoms with Gasteiger partial charge in [-0.15, -0.1) is 0 Å². The molecule has 0 aliphatic carbocycles. The summed E-state index contributed by atoms with van der Waals surface area (Å²) in [5, 5.41) is 1.58. The topological polar surface area (TPSA) is 63.2 Å². The molecule has 1 aromatic rings. The Bertz CT molecular complexity index is 548. The minimum atomic E-state index is -4.02. The van der Waals surface area contributed by atoms with Crippen molar-refractivity contribution in [1.29, 1.82) is 0 Å². The lowest BCUT2D eigenvalue weighted by Crippen LogP contribution is -2.20. The fourth-order valence-electron chi connectivity index (χ4n) is 0.973. The van der Waals surface area contributed by atoms with E-state index in [0.29, 0.717) is 0 Å². The molecule has 17 heavy (non-hydrogen) atoms. The molecule has 1 rings (SSSR count). The van der Waals surface area contributed by atoms with Crippen LogP contribution in [0.5, 0.6) is 0 Å². The monoisotopic (exact) mass is 303 g/mol. The first-order valence-corrected chi connectivity index (χ1v) is 6.74. The van der Waals surface area contributed by atoms with Crippen molar-refractivity contribution in [3.8, 4) is 0 Å². The Balaban J connectivity index is 3.02. The van der Waals surface area contributed by atoms with Crippen molar-refractivity contribution in [3.63, 3.8) is 0 Å². The zero-order valence-corrected chi connectivity index (χ0v) is 10.3. The van der Waals surface area contributed by atoms with Crippen LogP contribution in [-0.4, -0.2) is 20.8 Å². The van der Waals surface area contributed by atoms with E-state index in [0.717, 1.165) is 18.2 Å². The Kier molecular flexibility index (Phi) is 4.29. The summed E-state index contributed by atoms with van der Waals surface area (Å²) in [5.41, 5.74) is -0.0515. The third-order valence-corrected chi connectivity index (χ3v) is 3.47. The highest BCUT2D eigenvalue weighted by Gasteiger charge is 2.18. The molecule has 9 heteroatoms. The number of anilines is 1. The standard InChI is InChI=1S/C8H5Cl2F2NO3S/c9-5-3-4(13-8(14)7(11)12)1-2-6(5)17(10,15)16/h1-3,7H,(H,13,14). The molecule has 4 nitrogen and oxygen atoms in total. The average Bonchev–Trinajstić information content (AvgIpc) is 2.15. The van der Waals surface area contributed by atoms with Gasteiger partial charge in [-0.3, -0.25) is 4.79 Å². The highest BCUT2D eigenvalue weighted by Crippen LogP contribution is 2.27. The third-order valence-electron chi connectivity index (χ3n) is 1.66. The maximum Gasteiger partial charge on any atom is 0.315 e. The number of carbonyl (C=O) groups excluding carboxylic acids is 1. The van der Waals surface area contributed by atoms with Crippen LogP contribution in [-0.2, 0) is 13.8 Å². The van der Waals surface area contributed by atoms with E-state index in [1.807, 2.05) is 5.32 Å². The van der Waals surface area contributed by atoms with Crippen molar-refractivity contribution in [3.05, 3.63) is 23.2 Å². The Morgan fingerprint density at radius 1 is 1.35 bits per heavy atom. The Morgan fingerprint density at radius 2 is 1.94 bits per heavy atom. The van der Waals surface area contributed by atoms with Crippen LogP contribution in [0.15, 0.2) is 23.1 Å². The molecule has 0 atom stereocenters. The molecule has 0 radical (unpaired) electrons. The summed E-state index contributed by atoms with van der Waals surface area (Å²) in [5.74, 6) is -1.51. The third kappa shape index (κ3) is 3.79. The molecule has 94 valence electrons. The van der Waals surface area contributed by atoms with Crippen molar-refractivity contribution < 1.29 is 22.0 Å². The van der Waals surface area contributed by atoms with E-state index in [2.05, 4.69) is 0 Å². The van der Waals surface area contributed by atoms with E-state index in [9.17, 15) is 22.0 Å². The molecule has 0 aliphatic rings. The largest absolute Gasteiger partial charge is 0.321 e. The van der Waals surface area contributed by atoms with Gasteiger partial charge in [0.25, 0.3) is 15.0 Å². The van der Waals surface area contributed by atoms with Crippen LogP contribution in [0.3, 0.4) is 0 Å². The predicted octanol–water partition coefficient (Wildman–Crippen LogP) is 2.47. The molecule has 1 amide bonds.